The lowest BCUT2D eigenvalue weighted by molar-refractivity contribution is -0.123. The van der Waals surface area contributed by atoms with Crippen molar-refractivity contribution in [2.75, 3.05) is 6.61 Å². The van der Waals surface area contributed by atoms with Gasteiger partial charge in [-0.25, -0.2) is 10.2 Å². The minimum atomic E-state index is -0.601. The Bertz CT molecular complexity index is 1370. The Labute approximate surface area is 205 Å². The molecule has 4 aromatic carbocycles. The van der Waals surface area contributed by atoms with Gasteiger partial charge in [0.05, 0.1) is 16.8 Å². The first-order valence-corrected chi connectivity index (χ1v) is 11.0. The van der Waals surface area contributed by atoms with Crippen LogP contribution in [0, 0.1) is 0 Å². The summed E-state index contributed by atoms with van der Waals surface area (Å²) in [5.74, 6) is -0.276. The van der Waals surface area contributed by atoms with Crippen molar-refractivity contribution in [1.29, 1.82) is 0 Å². The van der Waals surface area contributed by atoms with Gasteiger partial charge in [0.25, 0.3) is 5.91 Å². The molecule has 0 unspecified atom stereocenters. The van der Waals surface area contributed by atoms with Gasteiger partial charge in [-0.2, -0.15) is 5.10 Å². The number of amides is 1. The van der Waals surface area contributed by atoms with Crippen LogP contribution in [0.3, 0.4) is 0 Å². The fraction of sp³-hybridized carbons (Fsp3) is 0.0385. The summed E-state index contributed by atoms with van der Waals surface area (Å²) in [4.78, 5) is 24.8. The lowest BCUT2D eigenvalue weighted by atomic mass is 10.0. The Morgan fingerprint density at radius 2 is 1.62 bits per heavy atom. The molecule has 0 aliphatic carbocycles. The zero-order valence-electron chi connectivity index (χ0n) is 17.7. The molecule has 0 bridgehead atoms. The van der Waals surface area contributed by atoms with E-state index in [2.05, 4.69) is 10.5 Å². The van der Waals surface area contributed by atoms with Crippen LogP contribution in [0.1, 0.15) is 15.9 Å². The lowest BCUT2D eigenvalue weighted by Gasteiger charge is -2.11. The normalized spacial score (nSPS) is 10.9. The molecule has 1 amide bonds. The number of nitrogens with one attached hydrogen (secondary N) is 1. The second-order valence-corrected chi connectivity index (χ2v) is 7.95. The fourth-order valence-corrected chi connectivity index (χ4v) is 3.50. The molecule has 0 saturated heterocycles. The molecule has 0 atom stereocenters. The smallest absolute Gasteiger partial charge is 0.345 e. The number of carbonyl (C=O) groups excluding carboxylic acids is 2. The summed E-state index contributed by atoms with van der Waals surface area (Å²) in [5, 5.41) is 6.60. The van der Waals surface area contributed by atoms with Crippen molar-refractivity contribution in [3.63, 3.8) is 0 Å². The molecule has 0 saturated carbocycles. The average Bonchev–Trinajstić information content (AvgIpc) is 2.85. The number of ether oxygens (including phenoxy) is 2. The van der Waals surface area contributed by atoms with Crippen molar-refractivity contribution >= 4 is 52.1 Å². The number of fused-ring (bicyclic) bond motifs is 1. The molecule has 34 heavy (non-hydrogen) atoms. The van der Waals surface area contributed by atoms with Gasteiger partial charge in [-0.15, -0.1) is 0 Å². The number of carbonyl (C=O) groups is 2. The molecular formula is C26H18Cl2N2O4. The van der Waals surface area contributed by atoms with E-state index in [1.165, 1.54) is 6.21 Å². The SMILES string of the molecule is O=C(COc1ccc(Cl)cc1)N/N=C/c1c(OC(=O)c2ccccc2Cl)ccc2ccccc12. The highest BCUT2D eigenvalue weighted by Gasteiger charge is 2.15. The van der Waals surface area contributed by atoms with E-state index in [-0.39, 0.29) is 22.9 Å². The summed E-state index contributed by atoms with van der Waals surface area (Å²) in [5.41, 5.74) is 3.19. The van der Waals surface area contributed by atoms with E-state index in [0.29, 0.717) is 16.3 Å². The molecule has 4 aromatic rings. The van der Waals surface area contributed by atoms with Gasteiger partial charge in [-0.05, 0) is 53.2 Å². The molecule has 170 valence electrons. The van der Waals surface area contributed by atoms with Crippen molar-refractivity contribution in [3.8, 4) is 11.5 Å². The molecular weight excluding hydrogens is 475 g/mol. The Hall–Kier alpha value is -3.87. The molecule has 0 fully saturated rings. The monoisotopic (exact) mass is 492 g/mol. The largest absolute Gasteiger partial charge is 0.484 e. The summed E-state index contributed by atoms with van der Waals surface area (Å²) < 4.78 is 11.0. The quantitative estimate of drug-likeness (QED) is 0.151. The summed E-state index contributed by atoms with van der Waals surface area (Å²) in [7, 11) is 0. The number of halogens is 2. The number of hydrogen-bond donors (Lipinski definition) is 1. The first-order chi connectivity index (χ1) is 16.5. The van der Waals surface area contributed by atoms with Crippen molar-refractivity contribution in [2.45, 2.75) is 0 Å². The highest BCUT2D eigenvalue weighted by molar-refractivity contribution is 6.33. The van der Waals surface area contributed by atoms with Gasteiger partial charge in [0, 0.05) is 10.6 Å². The number of benzene rings is 4. The van der Waals surface area contributed by atoms with Gasteiger partial charge in [0.1, 0.15) is 11.5 Å². The second kappa shape index (κ2) is 10.8. The number of hydrazone groups is 1. The maximum Gasteiger partial charge on any atom is 0.345 e. The lowest BCUT2D eigenvalue weighted by Crippen LogP contribution is -2.24. The fourth-order valence-electron chi connectivity index (χ4n) is 3.16. The predicted octanol–water partition coefficient (Wildman–Crippen LogP) is 5.89. The Kier molecular flexibility index (Phi) is 7.42. The van der Waals surface area contributed by atoms with Crippen molar-refractivity contribution in [3.05, 3.63) is 106 Å². The molecule has 0 aliphatic rings. The number of rotatable bonds is 7. The highest BCUT2D eigenvalue weighted by Crippen LogP contribution is 2.28. The molecule has 8 heteroatoms. The predicted molar refractivity (Wildman–Crippen MR) is 133 cm³/mol. The second-order valence-electron chi connectivity index (χ2n) is 7.10. The molecule has 0 radical (unpaired) electrons. The summed E-state index contributed by atoms with van der Waals surface area (Å²) in [6.45, 7) is -0.233. The average molecular weight is 493 g/mol. The van der Waals surface area contributed by atoms with Gasteiger partial charge in [0.15, 0.2) is 6.61 Å². The van der Waals surface area contributed by atoms with Crippen LogP contribution in [0.5, 0.6) is 11.5 Å². The third-order valence-electron chi connectivity index (χ3n) is 4.79. The minimum absolute atomic E-state index is 0.233. The van der Waals surface area contributed by atoms with E-state index >= 15 is 0 Å². The topological polar surface area (TPSA) is 77.0 Å². The molecule has 0 aromatic heterocycles. The first-order valence-electron chi connectivity index (χ1n) is 10.2. The van der Waals surface area contributed by atoms with Crippen LogP contribution < -0.4 is 14.9 Å². The van der Waals surface area contributed by atoms with Gasteiger partial charge in [0.2, 0.25) is 0 Å². The molecule has 0 heterocycles. The van der Waals surface area contributed by atoms with Crippen LogP contribution in [0.15, 0.2) is 90.0 Å². The summed E-state index contributed by atoms with van der Waals surface area (Å²) in [6.07, 6.45) is 1.43. The maximum atomic E-state index is 12.7. The Morgan fingerprint density at radius 1 is 0.882 bits per heavy atom. The van der Waals surface area contributed by atoms with Crippen molar-refractivity contribution in [2.24, 2.45) is 5.10 Å². The molecule has 0 aliphatic heterocycles. The Balaban J connectivity index is 1.51. The molecule has 1 N–H and O–H groups in total. The molecule has 4 rings (SSSR count). The van der Waals surface area contributed by atoms with Crippen LogP contribution in [-0.4, -0.2) is 24.7 Å². The number of nitrogens with zero attached hydrogens (tertiary/aromatic N) is 1. The molecule has 0 spiro atoms. The number of hydrogen-bond acceptors (Lipinski definition) is 5. The Morgan fingerprint density at radius 3 is 2.41 bits per heavy atom. The van der Waals surface area contributed by atoms with Crippen LogP contribution in [0.2, 0.25) is 10.0 Å². The van der Waals surface area contributed by atoms with Gasteiger partial charge in [-0.1, -0.05) is 65.7 Å². The molecule has 6 nitrogen and oxygen atoms in total. The maximum absolute atomic E-state index is 12.7. The van der Waals surface area contributed by atoms with Crippen LogP contribution in [0.25, 0.3) is 10.8 Å². The number of esters is 1. The van der Waals surface area contributed by atoms with Crippen molar-refractivity contribution in [1.82, 2.24) is 5.43 Å². The summed E-state index contributed by atoms with van der Waals surface area (Å²) >= 11 is 12.0. The van der Waals surface area contributed by atoms with Gasteiger partial charge in [-0.3, -0.25) is 4.79 Å². The van der Waals surface area contributed by atoms with Crippen LogP contribution >= 0.6 is 23.2 Å². The standard InChI is InChI=1S/C26H18Cl2N2O4/c27-18-10-12-19(13-11-18)33-16-25(31)30-29-15-22-20-6-2-1-5-17(20)9-14-24(22)34-26(32)21-7-3-4-8-23(21)28/h1-15H,16H2,(H,30,31)/b29-15+. The van der Waals surface area contributed by atoms with Gasteiger partial charge >= 0.3 is 5.97 Å². The third-order valence-corrected chi connectivity index (χ3v) is 5.38. The minimum Gasteiger partial charge on any atom is -0.484 e. The van der Waals surface area contributed by atoms with E-state index < -0.39 is 11.9 Å². The van der Waals surface area contributed by atoms with E-state index in [4.69, 9.17) is 32.7 Å². The van der Waals surface area contributed by atoms with Crippen LogP contribution in [0.4, 0.5) is 0 Å². The van der Waals surface area contributed by atoms with E-state index in [0.717, 1.165) is 10.8 Å². The zero-order chi connectivity index (χ0) is 23.9. The van der Waals surface area contributed by atoms with Crippen molar-refractivity contribution < 1.29 is 19.1 Å². The zero-order valence-corrected chi connectivity index (χ0v) is 19.2. The highest BCUT2D eigenvalue weighted by atomic mass is 35.5. The van der Waals surface area contributed by atoms with E-state index in [1.54, 1.807) is 54.6 Å². The van der Waals surface area contributed by atoms with E-state index in [1.807, 2.05) is 30.3 Å². The third kappa shape index (κ3) is 5.73. The van der Waals surface area contributed by atoms with Crippen LogP contribution in [-0.2, 0) is 4.79 Å². The van der Waals surface area contributed by atoms with Gasteiger partial charge < -0.3 is 9.47 Å². The summed E-state index contributed by atoms with van der Waals surface area (Å²) in [6, 6.07) is 24.3. The van der Waals surface area contributed by atoms with E-state index in [9.17, 15) is 9.59 Å². The first kappa shape index (κ1) is 23.3.